The molecule has 0 saturated carbocycles. The van der Waals surface area contributed by atoms with Crippen molar-refractivity contribution in [3.63, 3.8) is 0 Å². The summed E-state index contributed by atoms with van der Waals surface area (Å²) in [7, 11) is 0. The first kappa shape index (κ1) is 16.1. The molecule has 0 radical (unpaired) electrons. The average Bonchev–Trinajstić information content (AvgIpc) is 2.77. The zero-order valence-corrected chi connectivity index (χ0v) is 13.8. The van der Waals surface area contributed by atoms with Crippen molar-refractivity contribution in [2.75, 3.05) is 11.9 Å². The smallest absolute Gasteiger partial charge is 0.412 e. The molecule has 21 heavy (non-hydrogen) atoms. The highest BCUT2D eigenvalue weighted by Gasteiger charge is 2.30. The van der Waals surface area contributed by atoms with Crippen molar-refractivity contribution in [1.82, 2.24) is 5.32 Å². The van der Waals surface area contributed by atoms with Crippen LogP contribution in [0.5, 0.6) is 0 Å². The maximum Gasteiger partial charge on any atom is 0.412 e. The molecule has 0 bridgehead atoms. The Hall–Kier alpha value is -1.26. The fourth-order valence-corrected chi connectivity index (χ4v) is 2.68. The van der Waals surface area contributed by atoms with Crippen LogP contribution in [0, 0.1) is 0 Å². The summed E-state index contributed by atoms with van der Waals surface area (Å²) >= 11 is 6.17. The van der Waals surface area contributed by atoms with Crippen LogP contribution in [0.15, 0.2) is 18.2 Å². The van der Waals surface area contributed by atoms with Crippen molar-refractivity contribution in [3.05, 3.63) is 28.8 Å². The molecule has 2 rings (SSSR count). The van der Waals surface area contributed by atoms with E-state index in [4.69, 9.17) is 16.3 Å². The van der Waals surface area contributed by atoms with Crippen LogP contribution in [0.4, 0.5) is 10.5 Å². The Morgan fingerprint density at radius 3 is 2.71 bits per heavy atom. The van der Waals surface area contributed by atoms with Gasteiger partial charge >= 0.3 is 6.09 Å². The maximum absolute atomic E-state index is 11.9. The summed E-state index contributed by atoms with van der Waals surface area (Å²) in [6.45, 7) is 8.66. The minimum atomic E-state index is -0.535. The number of halogens is 1. The zero-order chi connectivity index (χ0) is 15.7. The zero-order valence-electron chi connectivity index (χ0n) is 13.0. The van der Waals surface area contributed by atoms with Crippen molar-refractivity contribution in [2.24, 2.45) is 0 Å². The Morgan fingerprint density at radius 2 is 2.14 bits per heavy atom. The molecule has 1 amide bonds. The summed E-state index contributed by atoms with van der Waals surface area (Å²) in [5, 5.41) is 6.73. The molecular formula is C16H23ClN2O2. The van der Waals surface area contributed by atoms with Gasteiger partial charge in [-0.3, -0.25) is 5.32 Å². The van der Waals surface area contributed by atoms with Crippen LogP contribution < -0.4 is 10.6 Å². The minimum Gasteiger partial charge on any atom is -0.444 e. The van der Waals surface area contributed by atoms with Crippen LogP contribution >= 0.6 is 11.6 Å². The third kappa shape index (κ3) is 4.11. The first-order valence-corrected chi connectivity index (χ1v) is 7.62. The van der Waals surface area contributed by atoms with Crippen LogP contribution in [-0.2, 0) is 10.3 Å². The number of ether oxygens (including phenoxy) is 1. The molecule has 1 fully saturated rings. The fourth-order valence-electron chi connectivity index (χ4n) is 2.52. The number of carbonyl (C=O) groups is 1. The lowest BCUT2D eigenvalue weighted by molar-refractivity contribution is 0.0636. The monoisotopic (exact) mass is 310 g/mol. The van der Waals surface area contributed by atoms with Gasteiger partial charge in [-0.15, -0.1) is 0 Å². The van der Waals surface area contributed by atoms with Crippen LogP contribution in [0.2, 0.25) is 5.02 Å². The molecule has 4 nitrogen and oxygen atoms in total. The van der Waals surface area contributed by atoms with Gasteiger partial charge in [0, 0.05) is 5.54 Å². The molecule has 0 aromatic heterocycles. The molecule has 1 aromatic rings. The van der Waals surface area contributed by atoms with E-state index in [2.05, 4.69) is 17.6 Å². The van der Waals surface area contributed by atoms with Gasteiger partial charge in [-0.2, -0.15) is 0 Å². The summed E-state index contributed by atoms with van der Waals surface area (Å²) < 4.78 is 5.26. The second kappa shape index (κ2) is 5.85. The third-order valence-electron chi connectivity index (χ3n) is 3.61. The Balaban J connectivity index is 2.18. The maximum atomic E-state index is 11.9. The molecule has 5 heteroatoms. The van der Waals surface area contributed by atoms with E-state index in [9.17, 15) is 4.79 Å². The van der Waals surface area contributed by atoms with E-state index in [0.717, 1.165) is 24.9 Å². The van der Waals surface area contributed by atoms with Crippen molar-refractivity contribution >= 4 is 23.4 Å². The molecule has 1 heterocycles. The second-order valence-corrected chi connectivity index (χ2v) is 7.09. The van der Waals surface area contributed by atoms with Crippen molar-refractivity contribution < 1.29 is 9.53 Å². The number of rotatable bonds is 2. The van der Waals surface area contributed by atoms with E-state index in [1.807, 2.05) is 39.0 Å². The third-order valence-corrected chi connectivity index (χ3v) is 3.94. The SMILES string of the molecule is CC(C)(C)OC(=O)Nc1cc(C2(C)CCCN2)ccc1Cl. The Bertz CT molecular complexity index is 532. The van der Waals surface area contributed by atoms with Crippen LogP contribution in [-0.4, -0.2) is 18.2 Å². The lowest BCUT2D eigenvalue weighted by atomic mass is 9.90. The van der Waals surface area contributed by atoms with Gasteiger partial charge in [0.05, 0.1) is 10.7 Å². The average molecular weight is 311 g/mol. The second-order valence-electron chi connectivity index (χ2n) is 6.68. The van der Waals surface area contributed by atoms with Gasteiger partial charge < -0.3 is 10.1 Å². The standard InChI is InChI=1S/C16H23ClN2O2/c1-15(2,3)21-14(20)19-13-10-11(6-7-12(13)17)16(4)8-5-9-18-16/h6-7,10,18H,5,8-9H2,1-4H3,(H,19,20). The highest BCUT2D eigenvalue weighted by Crippen LogP contribution is 2.34. The number of nitrogens with one attached hydrogen (secondary N) is 2. The number of benzene rings is 1. The molecule has 2 N–H and O–H groups in total. The highest BCUT2D eigenvalue weighted by atomic mass is 35.5. The fraction of sp³-hybridized carbons (Fsp3) is 0.562. The first-order valence-electron chi connectivity index (χ1n) is 7.25. The van der Waals surface area contributed by atoms with Gasteiger partial charge in [0.25, 0.3) is 0 Å². The van der Waals surface area contributed by atoms with Gasteiger partial charge in [0.2, 0.25) is 0 Å². The summed E-state index contributed by atoms with van der Waals surface area (Å²) in [5.41, 5.74) is 1.11. The molecule has 0 spiro atoms. The van der Waals surface area contributed by atoms with Gasteiger partial charge in [-0.05, 0) is 64.8 Å². The van der Waals surface area contributed by atoms with Crippen LogP contribution in [0.3, 0.4) is 0 Å². The van der Waals surface area contributed by atoms with Gasteiger partial charge in [-0.25, -0.2) is 4.79 Å². The van der Waals surface area contributed by atoms with E-state index in [-0.39, 0.29) is 5.54 Å². The van der Waals surface area contributed by atoms with Gasteiger partial charge in [0.15, 0.2) is 0 Å². The molecule has 1 aliphatic rings. The summed E-state index contributed by atoms with van der Waals surface area (Å²) in [6.07, 6.45) is 1.72. The molecule has 1 saturated heterocycles. The molecule has 1 aromatic carbocycles. The van der Waals surface area contributed by atoms with Gasteiger partial charge in [0.1, 0.15) is 5.60 Å². The number of hydrogen-bond donors (Lipinski definition) is 2. The summed E-state index contributed by atoms with van der Waals surface area (Å²) in [5.74, 6) is 0. The predicted octanol–water partition coefficient (Wildman–Crippen LogP) is 4.29. The summed E-state index contributed by atoms with van der Waals surface area (Å²) in [6, 6.07) is 5.74. The predicted molar refractivity (Wildman–Crippen MR) is 85.9 cm³/mol. The lowest BCUT2D eigenvalue weighted by Gasteiger charge is -2.26. The van der Waals surface area contributed by atoms with Crippen LogP contribution in [0.1, 0.15) is 46.1 Å². The molecule has 0 aliphatic carbocycles. The number of hydrogen-bond acceptors (Lipinski definition) is 3. The van der Waals surface area contributed by atoms with Crippen molar-refractivity contribution in [1.29, 1.82) is 0 Å². The van der Waals surface area contributed by atoms with E-state index < -0.39 is 11.7 Å². The Labute approximate surface area is 131 Å². The molecule has 1 aliphatic heterocycles. The number of anilines is 1. The molecule has 1 unspecified atom stereocenters. The Morgan fingerprint density at radius 1 is 1.43 bits per heavy atom. The number of amides is 1. The quantitative estimate of drug-likeness (QED) is 0.857. The molecular weight excluding hydrogens is 288 g/mol. The van der Waals surface area contributed by atoms with E-state index in [1.54, 1.807) is 0 Å². The first-order chi connectivity index (χ1) is 9.70. The Kier molecular flexibility index (Phi) is 4.49. The van der Waals surface area contributed by atoms with Gasteiger partial charge in [-0.1, -0.05) is 17.7 Å². The van der Waals surface area contributed by atoms with Crippen molar-refractivity contribution in [3.8, 4) is 0 Å². The van der Waals surface area contributed by atoms with E-state index in [0.29, 0.717) is 10.7 Å². The van der Waals surface area contributed by atoms with E-state index >= 15 is 0 Å². The molecule has 1 atom stereocenters. The summed E-state index contributed by atoms with van der Waals surface area (Å²) in [4.78, 5) is 11.9. The van der Waals surface area contributed by atoms with E-state index in [1.165, 1.54) is 0 Å². The number of carbonyl (C=O) groups excluding carboxylic acids is 1. The normalized spacial score (nSPS) is 22.1. The molecule has 116 valence electrons. The topological polar surface area (TPSA) is 50.4 Å². The largest absolute Gasteiger partial charge is 0.444 e. The minimum absolute atomic E-state index is 0.0606. The lowest BCUT2D eigenvalue weighted by Crippen LogP contribution is -2.33. The van der Waals surface area contributed by atoms with Crippen molar-refractivity contribution in [2.45, 2.75) is 51.7 Å². The highest BCUT2D eigenvalue weighted by molar-refractivity contribution is 6.33. The van der Waals surface area contributed by atoms with Crippen LogP contribution in [0.25, 0.3) is 0 Å².